The summed E-state index contributed by atoms with van der Waals surface area (Å²) in [6.45, 7) is 0.470. The molecule has 29 heavy (non-hydrogen) atoms. The molecule has 1 aromatic heterocycles. The Morgan fingerprint density at radius 3 is 2.28 bits per heavy atom. The molecule has 6 nitrogen and oxygen atoms in total. The van der Waals surface area contributed by atoms with Gasteiger partial charge in [0.05, 0.1) is 18.1 Å². The highest BCUT2D eigenvalue weighted by atomic mass is 79.9. The molecule has 1 heterocycles. The van der Waals surface area contributed by atoms with E-state index in [2.05, 4.69) is 27.3 Å². The molecule has 0 radical (unpaired) electrons. The van der Waals surface area contributed by atoms with E-state index in [1.165, 1.54) is 0 Å². The second-order valence-corrected chi connectivity index (χ2v) is 7.27. The first-order chi connectivity index (χ1) is 13.9. The summed E-state index contributed by atoms with van der Waals surface area (Å²) in [6, 6.07) is 19.6. The lowest BCUT2D eigenvalue weighted by Gasteiger charge is -2.17. The SMILES string of the molecule is CN(Cc1ccc(C#N)cc1)C(=O)Cc1ccc(NC(=O)c2ccc(Br)o2)cc1. The van der Waals surface area contributed by atoms with Gasteiger partial charge in [0.15, 0.2) is 10.4 Å². The molecule has 0 unspecified atom stereocenters. The van der Waals surface area contributed by atoms with Crippen molar-refractivity contribution in [2.75, 3.05) is 12.4 Å². The molecule has 2 aromatic carbocycles. The van der Waals surface area contributed by atoms with Gasteiger partial charge in [-0.1, -0.05) is 24.3 Å². The Bertz CT molecular complexity index is 1050. The third kappa shape index (κ3) is 5.56. The van der Waals surface area contributed by atoms with Gasteiger partial charge in [0.1, 0.15) is 0 Å². The molecule has 0 aliphatic rings. The number of likely N-dealkylation sites (N-methyl/N-ethyl adjacent to an activating group) is 1. The van der Waals surface area contributed by atoms with Crippen LogP contribution in [0.5, 0.6) is 0 Å². The maximum absolute atomic E-state index is 12.5. The maximum atomic E-state index is 12.5. The number of carbonyl (C=O) groups excluding carboxylic acids is 2. The molecule has 0 fully saturated rings. The summed E-state index contributed by atoms with van der Waals surface area (Å²) in [5.41, 5.74) is 3.02. The van der Waals surface area contributed by atoms with Gasteiger partial charge in [0, 0.05) is 19.3 Å². The minimum absolute atomic E-state index is 0.0217. The average Bonchev–Trinajstić information content (AvgIpc) is 3.16. The van der Waals surface area contributed by atoms with E-state index in [0.717, 1.165) is 11.1 Å². The lowest BCUT2D eigenvalue weighted by molar-refractivity contribution is -0.129. The zero-order chi connectivity index (χ0) is 20.8. The largest absolute Gasteiger partial charge is 0.444 e. The summed E-state index contributed by atoms with van der Waals surface area (Å²) in [7, 11) is 1.75. The molecule has 0 atom stereocenters. The molecule has 3 aromatic rings. The standard InChI is InChI=1S/C22H18BrN3O3/c1-26(14-17-4-2-16(13-24)3-5-17)21(27)12-15-6-8-18(9-7-15)25-22(28)19-10-11-20(23)29-19/h2-11H,12,14H2,1H3,(H,25,28). The molecule has 0 aliphatic carbocycles. The van der Waals surface area contributed by atoms with Gasteiger partial charge in [-0.3, -0.25) is 9.59 Å². The van der Waals surface area contributed by atoms with Gasteiger partial charge < -0.3 is 14.6 Å². The van der Waals surface area contributed by atoms with Crippen LogP contribution in [0.3, 0.4) is 0 Å². The number of nitrogens with one attached hydrogen (secondary N) is 1. The quantitative estimate of drug-likeness (QED) is 0.602. The number of anilines is 1. The van der Waals surface area contributed by atoms with Gasteiger partial charge in [-0.2, -0.15) is 5.26 Å². The highest BCUT2D eigenvalue weighted by Crippen LogP contribution is 2.17. The van der Waals surface area contributed by atoms with Gasteiger partial charge in [0.25, 0.3) is 5.91 Å². The first-order valence-corrected chi connectivity index (χ1v) is 9.62. The number of furan rings is 1. The van der Waals surface area contributed by atoms with Crippen LogP contribution in [0.2, 0.25) is 0 Å². The van der Waals surface area contributed by atoms with Crippen molar-refractivity contribution in [3.05, 3.63) is 87.8 Å². The number of halogens is 1. The Labute approximate surface area is 176 Å². The number of carbonyl (C=O) groups is 2. The summed E-state index contributed by atoms with van der Waals surface area (Å²) in [5, 5.41) is 11.6. The van der Waals surface area contributed by atoms with E-state index < -0.39 is 0 Å². The molecule has 0 saturated carbocycles. The van der Waals surface area contributed by atoms with Gasteiger partial charge in [-0.15, -0.1) is 0 Å². The van der Waals surface area contributed by atoms with Crippen molar-refractivity contribution in [3.8, 4) is 6.07 Å². The normalized spacial score (nSPS) is 10.2. The minimum Gasteiger partial charge on any atom is -0.444 e. The summed E-state index contributed by atoms with van der Waals surface area (Å²) in [4.78, 5) is 26.2. The lowest BCUT2D eigenvalue weighted by atomic mass is 10.1. The number of hydrogen-bond acceptors (Lipinski definition) is 4. The minimum atomic E-state index is -0.346. The smallest absolute Gasteiger partial charge is 0.291 e. The average molecular weight is 452 g/mol. The maximum Gasteiger partial charge on any atom is 0.291 e. The Morgan fingerprint density at radius 2 is 1.69 bits per heavy atom. The van der Waals surface area contributed by atoms with E-state index in [9.17, 15) is 9.59 Å². The number of amides is 2. The Morgan fingerprint density at radius 1 is 1.03 bits per heavy atom. The zero-order valence-corrected chi connectivity index (χ0v) is 17.3. The van der Waals surface area contributed by atoms with Crippen molar-refractivity contribution in [3.63, 3.8) is 0 Å². The fourth-order valence-corrected chi connectivity index (χ4v) is 3.00. The monoisotopic (exact) mass is 451 g/mol. The predicted molar refractivity (Wildman–Crippen MR) is 112 cm³/mol. The van der Waals surface area contributed by atoms with Crippen LogP contribution in [0.15, 0.2) is 69.8 Å². The highest BCUT2D eigenvalue weighted by molar-refractivity contribution is 9.10. The molecule has 0 aliphatic heterocycles. The van der Waals surface area contributed by atoms with Crippen molar-refractivity contribution in [2.45, 2.75) is 13.0 Å². The summed E-state index contributed by atoms with van der Waals surface area (Å²) in [6.07, 6.45) is 0.256. The van der Waals surface area contributed by atoms with Gasteiger partial charge in [-0.25, -0.2) is 0 Å². The van der Waals surface area contributed by atoms with Crippen molar-refractivity contribution in [1.82, 2.24) is 4.90 Å². The van der Waals surface area contributed by atoms with Crippen LogP contribution in [0.25, 0.3) is 0 Å². The van der Waals surface area contributed by atoms with Crippen molar-refractivity contribution < 1.29 is 14.0 Å². The van der Waals surface area contributed by atoms with E-state index in [0.29, 0.717) is 22.5 Å². The summed E-state index contributed by atoms with van der Waals surface area (Å²) >= 11 is 3.16. The van der Waals surface area contributed by atoms with E-state index in [1.54, 1.807) is 60.5 Å². The summed E-state index contributed by atoms with van der Waals surface area (Å²) in [5.74, 6) is -0.159. The van der Waals surface area contributed by atoms with Gasteiger partial charge in [-0.05, 0) is 63.5 Å². The van der Waals surface area contributed by atoms with Crippen LogP contribution < -0.4 is 5.32 Å². The molecule has 3 rings (SSSR count). The fraction of sp³-hybridized carbons (Fsp3) is 0.136. The molecule has 7 heteroatoms. The second-order valence-electron chi connectivity index (χ2n) is 6.49. The van der Waals surface area contributed by atoms with Crippen LogP contribution in [-0.4, -0.2) is 23.8 Å². The second kappa shape index (κ2) is 9.22. The van der Waals surface area contributed by atoms with Crippen molar-refractivity contribution in [2.24, 2.45) is 0 Å². The molecule has 146 valence electrons. The highest BCUT2D eigenvalue weighted by Gasteiger charge is 2.12. The van der Waals surface area contributed by atoms with Crippen molar-refractivity contribution >= 4 is 33.4 Å². The Balaban J connectivity index is 1.54. The Hall–Kier alpha value is -3.37. The first-order valence-electron chi connectivity index (χ1n) is 8.83. The van der Waals surface area contributed by atoms with E-state index in [-0.39, 0.29) is 24.0 Å². The molecular formula is C22H18BrN3O3. The van der Waals surface area contributed by atoms with Crippen LogP contribution in [-0.2, 0) is 17.8 Å². The van der Waals surface area contributed by atoms with Gasteiger partial charge >= 0.3 is 0 Å². The number of benzene rings is 2. The third-order valence-corrected chi connectivity index (χ3v) is 4.72. The van der Waals surface area contributed by atoms with Crippen LogP contribution in [0, 0.1) is 11.3 Å². The van der Waals surface area contributed by atoms with Crippen LogP contribution >= 0.6 is 15.9 Å². The lowest BCUT2D eigenvalue weighted by Crippen LogP contribution is -2.27. The molecule has 0 bridgehead atoms. The number of hydrogen-bond donors (Lipinski definition) is 1. The number of rotatable bonds is 6. The predicted octanol–water partition coefficient (Wildman–Crippen LogP) is 4.37. The molecule has 1 N–H and O–H groups in total. The van der Waals surface area contributed by atoms with E-state index >= 15 is 0 Å². The molecular weight excluding hydrogens is 434 g/mol. The van der Waals surface area contributed by atoms with Crippen molar-refractivity contribution in [1.29, 1.82) is 5.26 Å². The fourth-order valence-electron chi connectivity index (χ4n) is 2.69. The molecule has 2 amide bonds. The summed E-state index contributed by atoms with van der Waals surface area (Å²) < 4.78 is 5.71. The molecule has 0 spiro atoms. The van der Waals surface area contributed by atoms with E-state index in [4.69, 9.17) is 9.68 Å². The van der Waals surface area contributed by atoms with Gasteiger partial charge in [0.2, 0.25) is 5.91 Å². The zero-order valence-electron chi connectivity index (χ0n) is 15.7. The van der Waals surface area contributed by atoms with E-state index in [1.807, 2.05) is 12.1 Å². The Kier molecular flexibility index (Phi) is 6.47. The number of nitrogens with zero attached hydrogens (tertiary/aromatic N) is 2. The first kappa shape index (κ1) is 20.4. The topological polar surface area (TPSA) is 86.3 Å². The third-order valence-electron chi connectivity index (χ3n) is 4.29. The van der Waals surface area contributed by atoms with Crippen LogP contribution in [0.1, 0.15) is 27.2 Å². The van der Waals surface area contributed by atoms with Crippen LogP contribution in [0.4, 0.5) is 5.69 Å². The molecule has 0 saturated heterocycles. The number of nitriles is 1.